The van der Waals surface area contributed by atoms with Crippen LogP contribution in [0.25, 0.3) is 22.6 Å². The zero-order valence-corrected chi connectivity index (χ0v) is 63.9. The number of likely N-dealkylation sites (N-methyl/N-ethyl adjacent to an activating group) is 4. The van der Waals surface area contributed by atoms with E-state index in [4.69, 9.17) is 36.1 Å². The van der Waals surface area contributed by atoms with Crippen molar-refractivity contribution < 1.29 is 79.8 Å². The molecule has 3 aromatic rings. The van der Waals surface area contributed by atoms with E-state index in [2.05, 4.69) is 21.3 Å². The summed E-state index contributed by atoms with van der Waals surface area (Å²) in [6.45, 7) is 18.4. The van der Waals surface area contributed by atoms with E-state index in [-0.39, 0.29) is 63.7 Å². The van der Waals surface area contributed by atoms with Crippen molar-refractivity contribution in [3.8, 4) is 11.5 Å². The molecule has 10 atom stereocenters. The number of aryl methyl sites for hydroxylation is 1. The number of hydrogen-bond acceptors (Lipinski definition) is 22. The number of anilines is 3. The molecule has 0 spiro atoms. The van der Waals surface area contributed by atoms with E-state index >= 15 is 9.59 Å². The summed E-state index contributed by atoms with van der Waals surface area (Å²) in [6.07, 6.45) is -1.65. The van der Waals surface area contributed by atoms with Gasteiger partial charge in [-0.2, -0.15) is 0 Å². The van der Waals surface area contributed by atoms with Crippen molar-refractivity contribution in [3.63, 3.8) is 0 Å². The van der Waals surface area contributed by atoms with Crippen LogP contribution in [-0.4, -0.2) is 229 Å². The highest BCUT2D eigenvalue weighted by atomic mass is 32.2. The topological polar surface area (TPSA) is 446 Å². The summed E-state index contributed by atoms with van der Waals surface area (Å²) < 4.78 is 42.6. The summed E-state index contributed by atoms with van der Waals surface area (Å²) in [5.74, 6) is -12.4. The predicted octanol–water partition coefficient (Wildman–Crippen LogP) is 2.41. The highest BCUT2D eigenvalue weighted by Gasteiger charge is 2.47. The molecule has 1 aliphatic carbocycles. The van der Waals surface area contributed by atoms with Crippen LogP contribution in [0.5, 0.6) is 0 Å². The summed E-state index contributed by atoms with van der Waals surface area (Å²) in [6, 6.07) is 4.29. The Balaban J connectivity index is 0.000000741. The fraction of sp³-hybridized carbons (Fsp3) is 0.514. The van der Waals surface area contributed by atoms with Gasteiger partial charge in [-0.3, -0.25) is 52.7 Å². The first-order chi connectivity index (χ1) is 50.1. The Bertz CT molecular complexity index is 4400. The van der Waals surface area contributed by atoms with Crippen molar-refractivity contribution in [2.45, 2.75) is 179 Å². The van der Waals surface area contributed by atoms with Crippen LogP contribution in [0, 0.1) is 37.5 Å². The number of nitrogen functional groups attached to an aromatic ring is 3. The van der Waals surface area contributed by atoms with Crippen molar-refractivity contribution in [1.29, 1.82) is 0 Å². The standard InChI is InChI=1S/C62H86N12O16.C12H12N2O2S/c1-27(2)42-59(84)73-23-17-19-36(73)57(82)69(13)25-38(75)71(15)48(29(5)6)61(86)88-33(11)44(55(80)65-42)67-53(78)35-22-21-31(9)51-46(35)64-47-40(41(63)50(77)32(10)52(47)90-51)54(79)68-45-34(12)89-62(87)49(30(7)8)72(16)39(76)26-70(14)58(83)37-20-18-24-74(37)60(85)43(28(3)4)66-56(45)81;13-9-1-5-11(6-2-9)17(15,16)12-7-3-10(14)4-8-12/h21-22,27-30,33-34,36-37,42-45,48-49H,17-20,23-26,63H2,1-16H3,(H,65,80)(H,66,81)(H,67,78)(H,68,79);1-8H,13-14H2/t33-,34-,36+,37+,42-,43-,44+,45+,48+,49+;/m1./s1. The SMILES string of the molecule is Cc1c2oc3c(C)ccc(C(=O)N[C@@H]4C(=O)N[C@H](C(C)C)C(=O)N5CCC[C@H]5C(=O)N(C)CC(=O)N(C)[C@@H](C(C)C)C(=O)O[C@@H]4C)c3nc-2c(C(=O)N[C@@H]2C(=O)N[C@H](C(C)C)C(=O)N3CCC[C@H]3C(=O)N(C)CC(=O)N(C)[C@@H](C(C)C)C(=O)O[C@@H]2C)c(N)c1=O.Nc1ccc(S(=O)(=O)c2ccc(N)cc2)cc1. The Morgan fingerprint density at radius 2 is 0.963 bits per heavy atom. The number of carbonyl (C=O) groups is 12. The lowest BCUT2D eigenvalue weighted by Gasteiger charge is -2.36. The van der Waals surface area contributed by atoms with Gasteiger partial charge >= 0.3 is 11.9 Å². The monoisotopic (exact) mass is 1500 g/mol. The van der Waals surface area contributed by atoms with Crippen LogP contribution in [0.15, 0.2) is 79.7 Å². The van der Waals surface area contributed by atoms with Gasteiger partial charge in [0.05, 0.1) is 39.7 Å². The molecule has 0 bridgehead atoms. The number of rotatable bonds is 10. The maximum absolute atomic E-state index is 15.2. The molecule has 3 aromatic carbocycles. The third-order valence-electron chi connectivity index (χ3n) is 19.9. The molecule has 5 aliphatic heterocycles. The second kappa shape index (κ2) is 33.4. The van der Waals surface area contributed by atoms with Crippen LogP contribution >= 0.6 is 0 Å². The second-order valence-electron chi connectivity index (χ2n) is 29.2. The van der Waals surface area contributed by atoms with E-state index in [0.29, 0.717) is 29.8 Å². The third-order valence-corrected chi connectivity index (χ3v) is 21.7. The second-order valence-corrected chi connectivity index (χ2v) is 31.1. The minimum atomic E-state index is -3.48. The molecule has 0 saturated carbocycles. The summed E-state index contributed by atoms with van der Waals surface area (Å²) in [5, 5.41) is 10.7. The van der Waals surface area contributed by atoms with E-state index in [9.17, 15) is 61.2 Å². The first kappa shape index (κ1) is 81.9. The molecule has 33 heteroatoms. The van der Waals surface area contributed by atoms with Crippen LogP contribution in [0.3, 0.4) is 0 Å². The quantitative estimate of drug-likeness (QED) is 0.0599. The summed E-state index contributed by atoms with van der Waals surface area (Å²) in [7, 11) is 2.10. The molecule has 578 valence electrons. The predicted molar refractivity (Wildman–Crippen MR) is 393 cm³/mol. The van der Waals surface area contributed by atoms with E-state index in [0.717, 1.165) is 9.80 Å². The number of amides is 10. The highest BCUT2D eigenvalue weighted by molar-refractivity contribution is 7.91. The largest absolute Gasteiger partial charge is 0.458 e. The smallest absolute Gasteiger partial charge is 0.329 e. The van der Waals surface area contributed by atoms with Crippen LogP contribution < -0.4 is 43.9 Å². The number of nitrogens with two attached hydrogens (primary N) is 3. The number of sulfone groups is 1. The average Bonchev–Trinajstić information content (AvgIpc) is 1.45. The molecule has 4 saturated heterocycles. The van der Waals surface area contributed by atoms with Crippen molar-refractivity contribution >= 4 is 109 Å². The first-order valence-corrected chi connectivity index (χ1v) is 37.0. The number of cyclic esters (lactones) is 2. The van der Waals surface area contributed by atoms with Gasteiger partial charge in [0.2, 0.25) is 62.5 Å². The van der Waals surface area contributed by atoms with Crippen molar-refractivity contribution in [2.24, 2.45) is 23.7 Å². The number of nitrogens with one attached hydrogen (secondary N) is 4. The number of ether oxygens (including phenoxy) is 2. The lowest BCUT2D eigenvalue weighted by molar-refractivity contribution is -0.163. The molecule has 0 radical (unpaired) electrons. The molecule has 0 unspecified atom stereocenters. The van der Waals surface area contributed by atoms with Gasteiger partial charge in [0, 0.05) is 58.2 Å². The fourth-order valence-corrected chi connectivity index (χ4v) is 15.0. The molecule has 10 N–H and O–H groups in total. The molecular formula is C74H98N14O18S. The number of nitrogens with zero attached hydrogens (tertiary/aromatic N) is 7. The third kappa shape index (κ3) is 17.4. The lowest BCUT2D eigenvalue weighted by atomic mass is 9.98. The molecule has 4 fully saturated rings. The molecule has 107 heavy (non-hydrogen) atoms. The van der Waals surface area contributed by atoms with E-state index in [1.165, 1.54) is 105 Å². The maximum Gasteiger partial charge on any atom is 0.329 e. The Morgan fingerprint density at radius 1 is 0.561 bits per heavy atom. The first-order valence-electron chi connectivity index (χ1n) is 35.5. The Hall–Kier alpha value is -10.7. The highest BCUT2D eigenvalue weighted by Crippen LogP contribution is 2.36. The molecule has 9 rings (SSSR count). The molecule has 0 aromatic heterocycles. The molecule has 6 aliphatic rings. The van der Waals surface area contributed by atoms with Gasteiger partial charge in [0.15, 0.2) is 11.3 Å². The summed E-state index contributed by atoms with van der Waals surface area (Å²) >= 11 is 0. The van der Waals surface area contributed by atoms with Gasteiger partial charge < -0.3 is 81.8 Å². The Kier molecular flexibility index (Phi) is 25.6. The summed E-state index contributed by atoms with van der Waals surface area (Å²) in [4.78, 5) is 200. The number of carbonyl (C=O) groups excluding carboxylic acids is 12. The van der Waals surface area contributed by atoms with Crippen molar-refractivity contribution in [1.82, 2.24) is 55.7 Å². The lowest BCUT2D eigenvalue weighted by Crippen LogP contribution is -2.61. The van der Waals surface area contributed by atoms with Crippen LogP contribution in [-0.2, 0) is 67.3 Å². The minimum Gasteiger partial charge on any atom is -0.458 e. The Labute approximate surface area is 620 Å². The van der Waals surface area contributed by atoms with Gasteiger partial charge in [0.1, 0.15) is 71.8 Å². The normalized spacial score (nSPS) is 23.9. The van der Waals surface area contributed by atoms with Crippen LogP contribution in [0.2, 0.25) is 0 Å². The minimum absolute atomic E-state index is 0.0763. The van der Waals surface area contributed by atoms with E-state index in [1.807, 2.05) is 0 Å². The van der Waals surface area contributed by atoms with Gasteiger partial charge in [-0.1, -0.05) is 61.5 Å². The number of fused-ring (bicyclic) bond motifs is 4. The van der Waals surface area contributed by atoms with Gasteiger partial charge in [-0.15, -0.1) is 0 Å². The van der Waals surface area contributed by atoms with Crippen molar-refractivity contribution in [2.75, 3.05) is 71.6 Å². The zero-order chi connectivity index (χ0) is 79.4. The van der Waals surface area contributed by atoms with E-state index in [1.54, 1.807) is 86.6 Å². The number of benzene rings is 4. The van der Waals surface area contributed by atoms with Gasteiger partial charge in [0.25, 0.3) is 11.8 Å². The molecule has 32 nitrogen and oxygen atoms in total. The fourth-order valence-electron chi connectivity index (χ4n) is 13.7. The zero-order valence-electron chi connectivity index (χ0n) is 63.1. The molecular weight excluding hydrogens is 1400 g/mol. The average molecular weight is 1500 g/mol. The number of esters is 2. The van der Waals surface area contributed by atoms with Crippen molar-refractivity contribution in [3.05, 3.63) is 93.1 Å². The number of hydrogen-bond donors (Lipinski definition) is 7. The van der Waals surface area contributed by atoms with E-state index < -0.39 is 201 Å². The maximum atomic E-state index is 15.2. The summed E-state index contributed by atoms with van der Waals surface area (Å²) in [5.41, 5.74) is 15.7. The van der Waals surface area contributed by atoms with Crippen LogP contribution in [0.1, 0.15) is 127 Å². The van der Waals surface area contributed by atoms with Gasteiger partial charge in [-0.25, -0.2) is 23.0 Å². The molecule has 10 amide bonds. The van der Waals surface area contributed by atoms with Gasteiger partial charge in [-0.05, 0) is 137 Å². The number of aromatic nitrogens is 1. The van der Waals surface area contributed by atoms with Crippen LogP contribution in [0.4, 0.5) is 17.1 Å². The molecule has 5 heterocycles. The Morgan fingerprint density at radius 3 is 1.36 bits per heavy atom.